The Kier molecular flexibility index (Phi) is 3.13. The second-order valence-electron chi connectivity index (χ2n) is 4.83. The van der Waals surface area contributed by atoms with Crippen molar-refractivity contribution in [2.75, 3.05) is 5.32 Å². The smallest absolute Gasteiger partial charge is 0.255 e. The Bertz CT molecular complexity index is 841. The van der Waals surface area contributed by atoms with Crippen LogP contribution in [-0.4, -0.2) is 20.9 Å². The molecule has 1 heterocycles. The molecule has 5 nitrogen and oxygen atoms in total. The number of carbonyl (C=O) groups excluding carboxylic acids is 1. The van der Waals surface area contributed by atoms with Gasteiger partial charge in [-0.3, -0.25) is 4.79 Å². The molecule has 0 radical (unpaired) electrons. The van der Waals surface area contributed by atoms with Crippen LogP contribution >= 0.6 is 0 Å². The van der Waals surface area contributed by atoms with Gasteiger partial charge in [0, 0.05) is 18.3 Å². The molecular weight excluding hydrogens is 271 g/mol. The highest BCUT2D eigenvalue weighted by molar-refractivity contribution is 6.05. The highest BCUT2D eigenvalue weighted by Crippen LogP contribution is 2.17. The molecule has 0 spiro atoms. The molecule has 3 rings (SSSR count). The Morgan fingerprint density at radius 1 is 1.24 bits per heavy atom. The number of nitrogens with zero attached hydrogens (tertiary/aromatic N) is 3. The quantitative estimate of drug-likeness (QED) is 0.787. The van der Waals surface area contributed by atoms with Crippen LogP contribution in [0.4, 0.5) is 10.1 Å². The Hall–Kier alpha value is -2.76. The minimum Gasteiger partial charge on any atom is -0.322 e. The van der Waals surface area contributed by atoms with E-state index >= 15 is 0 Å². The van der Waals surface area contributed by atoms with E-state index in [9.17, 15) is 9.18 Å². The standard InChI is InChI=1S/C15H13FN4O/c1-9-3-5-11(8-12(9)16)17-15(21)10-4-6-14-13(7-10)18-19-20(14)2/h3-8H,1-2H3,(H,17,21). The molecule has 1 aromatic heterocycles. The van der Waals surface area contributed by atoms with Crippen molar-refractivity contribution < 1.29 is 9.18 Å². The van der Waals surface area contributed by atoms with Crippen LogP contribution in [0.3, 0.4) is 0 Å². The van der Waals surface area contributed by atoms with Crippen molar-refractivity contribution in [2.24, 2.45) is 7.05 Å². The maximum Gasteiger partial charge on any atom is 0.255 e. The first-order valence-corrected chi connectivity index (χ1v) is 6.41. The van der Waals surface area contributed by atoms with Crippen LogP contribution in [0.2, 0.25) is 0 Å². The van der Waals surface area contributed by atoms with Crippen LogP contribution in [0.25, 0.3) is 11.0 Å². The van der Waals surface area contributed by atoms with E-state index in [2.05, 4.69) is 15.6 Å². The molecule has 0 saturated heterocycles. The molecule has 6 heteroatoms. The largest absolute Gasteiger partial charge is 0.322 e. The molecule has 0 bridgehead atoms. The lowest BCUT2D eigenvalue weighted by Gasteiger charge is -2.06. The molecule has 0 saturated carbocycles. The first-order valence-electron chi connectivity index (χ1n) is 6.41. The minimum atomic E-state index is -0.350. The molecule has 1 amide bonds. The number of carbonyl (C=O) groups is 1. The lowest BCUT2D eigenvalue weighted by molar-refractivity contribution is 0.102. The molecule has 0 atom stereocenters. The monoisotopic (exact) mass is 284 g/mol. The molecule has 0 aliphatic carbocycles. The van der Waals surface area contributed by atoms with Crippen LogP contribution in [0.5, 0.6) is 0 Å². The first kappa shape index (κ1) is 13.2. The summed E-state index contributed by atoms with van der Waals surface area (Å²) < 4.78 is 15.1. The van der Waals surface area contributed by atoms with Gasteiger partial charge in [0.1, 0.15) is 11.3 Å². The summed E-state index contributed by atoms with van der Waals surface area (Å²) in [6, 6.07) is 9.70. The lowest BCUT2D eigenvalue weighted by Crippen LogP contribution is -2.12. The van der Waals surface area contributed by atoms with Crippen LogP contribution in [-0.2, 0) is 7.05 Å². The van der Waals surface area contributed by atoms with E-state index in [0.717, 1.165) is 5.52 Å². The summed E-state index contributed by atoms with van der Waals surface area (Å²) in [5, 5.41) is 10.5. The first-order chi connectivity index (χ1) is 10.0. The van der Waals surface area contributed by atoms with Crippen molar-refractivity contribution in [3.05, 3.63) is 53.3 Å². The van der Waals surface area contributed by atoms with E-state index in [-0.39, 0.29) is 11.7 Å². The summed E-state index contributed by atoms with van der Waals surface area (Å²) in [6.07, 6.45) is 0. The summed E-state index contributed by atoms with van der Waals surface area (Å²) in [5.74, 6) is -0.664. The van der Waals surface area contributed by atoms with Gasteiger partial charge in [-0.05, 0) is 42.8 Å². The number of halogens is 1. The molecule has 1 N–H and O–H groups in total. The number of anilines is 1. The van der Waals surface area contributed by atoms with E-state index in [0.29, 0.717) is 22.3 Å². The van der Waals surface area contributed by atoms with Crippen molar-refractivity contribution in [1.29, 1.82) is 0 Å². The molecule has 2 aromatic carbocycles. The highest BCUT2D eigenvalue weighted by atomic mass is 19.1. The van der Waals surface area contributed by atoms with E-state index in [1.54, 1.807) is 49.0 Å². The third kappa shape index (κ3) is 2.47. The van der Waals surface area contributed by atoms with Crippen molar-refractivity contribution in [1.82, 2.24) is 15.0 Å². The van der Waals surface area contributed by atoms with Gasteiger partial charge in [-0.25, -0.2) is 9.07 Å². The lowest BCUT2D eigenvalue weighted by atomic mass is 10.1. The van der Waals surface area contributed by atoms with Gasteiger partial charge in [-0.2, -0.15) is 0 Å². The zero-order chi connectivity index (χ0) is 15.0. The van der Waals surface area contributed by atoms with Gasteiger partial charge in [0.05, 0.1) is 5.52 Å². The molecule has 21 heavy (non-hydrogen) atoms. The fraction of sp³-hybridized carbons (Fsp3) is 0.133. The van der Waals surface area contributed by atoms with Gasteiger partial charge in [-0.1, -0.05) is 11.3 Å². The number of fused-ring (bicyclic) bond motifs is 1. The third-order valence-electron chi connectivity index (χ3n) is 3.30. The molecule has 0 aliphatic rings. The van der Waals surface area contributed by atoms with Gasteiger partial charge in [-0.15, -0.1) is 5.10 Å². The van der Waals surface area contributed by atoms with Crippen molar-refractivity contribution in [2.45, 2.75) is 6.92 Å². The third-order valence-corrected chi connectivity index (χ3v) is 3.30. The minimum absolute atomic E-state index is 0.314. The average molecular weight is 284 g/mol. The van der Waals surface area contributed by atoms with Crippen molar-refractivity contribution in [3.63, 3.8) is 0 Å². The van der Waals surface area contributed by atoms with E-state index < -0.39 is 0 Å². The maximum absolute atomic E-state index is 13.5. The van der Waals surface area contributed by atoms with Crippen molar-refractivity contribution in [3.8, 4) is 0 Å². The summed E-state index contributed by atoms with van der Waals surface area (Å²) in [5.41, 5.74) is 2.88. The summed E-state index contributed by atoms with van der Waals surface area (Å²) in [7, 11) is 1.78. The second-order valence-corrected chi connectivity index (χ2v) is 4.83. The zero-order valence-electron chi connectivity index (χ0n) is 11.6. The maximum atomic E-state index is 13.5. The molecular formula is C15H13FN4O. The summed E-state index contributed by atoms with van der Waals surface area (Å²) in [6.45, 7) is 1.67. The normalized spacial score (nSPS) is 10.8. The number of aromatic nitrogens is 3. The molecule has 0 aliphatic heterocycles. The summed E-state index contributed by atoms with van der Waals surface area (Å²) in [4.78, 5) is 12.2. The van der Waals surface area contributed by atoms with Crippen LogP contribution in [0, 0.1) is 12.7 Å². The van der Waals surface area contributed by atoms with Gasteiger partial charge in [0.15, 0.2) is 0 Å². The van der Waals surface area contributed by atoms with E-state index in [1.165, 1.54) is 6.07 Å². The predicted octanol–water partition coefficient (Wildman–Crippen LogP) is 2.67. The zero-order valence-corrected chi connectivity index (χ0v) is 11.6. The Morgan fingerprint density at radius 3 is 2.81 bits per heavy atom. The number of rotatable bonds is 2. The van der Waals surface area contributed by atoms with Gasteiger partial charge >= 0.3 is 0 Å². The van der Waals surface area contributed by atoms with Crippen LogP contribution in [0.15, 0.2) is 36.4 Å². The molecule has 106 valence electrons. The number of nitrogens with one attached hydrogen (secondary N) is 1. The van der Waals surface area contributed by atoms with Crippen molar-refractivity contribution >= 4 is 22.6 Å². The summed E-state index contributed by atoms with van der Waals surface area (Å²) >= 11 is 0. The molecule has 0 fully saturated rings. The Labute approximate surface area is 120 Å². The van der Waals surface area contributed by atoms with Crippen LogP contribution in [0.1, 0.15) is 15.9 Å². The van der Waals surface area contributed by atoms with E-state index in [1.807, 2.05) is 0 Å². The fourth-order valence-electron chi connectivity index (χ4n) is 2.06. The SMILES string of the molecule is Cc1ccc(NC(=O)c2ccc3c(c2)nnn3C)cc1F. The van der Waals surface area contributed by atoms with Gasteiger partial charge in [0.25, 0.3) is 5.91 Å². The van der Waals surface area contributed by atoms with Gasteiger partial charge < -0.3 is 5.32 Å². The predicted molar refractivity (Wildman–Crippen MR) is 77.6 cm³/mol. The Balaban J connectivity index is 1.87. The van der Waals surface area contributed by atoms with Gasteiger partial charge in [0.2, 0.25) is 0 Å². The highest BCUT2D eigenvalue weighted by Gasteiger charge is 2.10. The fourth-order valence-corrected chi connectivity index (χ4v) is 2.06. The second kappa shape index (κ2) is 4.97. The number of amides is 1. The molecule has 0 unspecified atom stereocenters. The van der Waals surface area contributed by atoms with E-state index in [4.69, 9.17) is 0 Å². The number of hydrogen-bond donors (Lipinski definition) is 1. The van der Waals surface area contributed by atoms with Crippen LogP contribution < -0.4 is 5.32 Å². The molecule has 3 aromatic rings. The number of aryl methyl sites for hydroxylation is 2. The number of hydrogen-bond acceptors (Lipinski definition) is 3. The Morgan fingerprint density at radius 2 is 2.05 bits per heavy atom. The number of benzene rings is 2. The topological polar surface area (TPSA) is 59.8 Å². The average Bonchev–Trinajstić information content (AvgIpc) is 2.84.